The van der Waals surface area contributed by atoms with Gasteiger partial charge in [-0.15, -0.1) is 0 Å². The van der Waals surface area contributed by atoms with Crippen LogP contribution in [0.5, 0.6) is 0 Å². The van der Waals surface area contributed by atoms with Crippen molar-refractivity contribution in [2.45, 2.75) is 26.4 Å². The number of nitro benzene ring substituents is 2. The zero-order chi connectivity index (χ0) is 25.9. The highest BCUT2D eigenvalue weighted by Gasteiger charge is 2.42. The summed E-state index contributed by atoms with van der Waals surface area (Å²) in [6.45, 7) is 3.12. The van der Waals surface area contributed by atoms with Gasteiger partial charge in [0, 0.05) is 42.5 Å². The molecule has 182 valence electrons. The maximum atomic E-state index is 13.4. The van der Waals surface area contributed by atoms with Crippen molar-refractivity contribution in [1.29, 1.82) is 0 Å². The summed E-state index contributed by atoms with van der Waals surface area (Å²) in [5.41, 5.74) is 0.215. The molecule has 35 heavy (non-hydrogen) atoms. The molecule has 12 heteroatoms. The molecule has 0 saturated heterocycles. The van der Waals surface area contributed by atoms with Gasteiger partial charge in [0.05, 0.1) is 40.1 Å². The summed E-state index contributed by atoms with van der Waals surface area (Å²) in [6.07, 6.45) is 3.07. The van der Waals surface area contributed by atoms with E-state index in [1.807, 2.05) is 0 Å². The summed E-state index contributed by atoms with van der Waals surface area (Å²) >= 11 is 0. The van der Waals surface area contributed by atoms with Crippen LogP contribution >= 0.6 is 0 Å². The van der Waals surface area contributed by atoms with Crippen LogP contribution in [0.1, 0.15) is 30.9 Å². The van der Waals surface area contributed by atoms with Gasteiger partial charge in [-0.25, -0.2) is 9.59 Å². The van der Waals surface area contributed by atoms with E-state index in [9.17, 15) is 29.8 Å². The third kappa shape index (κ3) is 4.86. The van der Waals surface area contributed by atoms with Gasteiger partial charge < -0.3 is 14.4 Å². The van der Waals surface area contributed by atoms with E-state index in [0.717, 1.165) is 19.2 Å². The predicted molar refractivity (Wildman–Crippen MR) is 122 cm³/mol. The number of non-ortho nitro benzene ring substituents is 1. The molecule has 1 unspecified atom stereocenters. The summed E-state index contributed by atoms with van der Waals surface area (Å²) in [4.78, 5) is 53.3. The molecular weight excluding hydrogens is 460 g/mol. The van der Waals surface area contributed by atoms with Crippen molar-refractivity contribution >= 4 is 23.3 Å². The molecule has 0 saturated carbocycles. The molecule has 1 aromatic carbocycles. The zero-order valence-corrected chi connectivity index (χ0v) is 19.4. The largest absolute Gasteiger partial charge is 0.466 e. The van der Waals surface area contributed by atoms with Gasteiger partial charge in [0.2, 0.25) is 0 Å². The van der Waals surface area contributed by atoms with Gasteiger partial charge in [-0.1, -0.05) is 0 Å². The second kappa shape index (κ2) is 10.1. The molecule has 1 aromatic heterocycles. The van der Waals surface area contributed by atoms with Crippen molar-refractivity contribution < 1.29 is 28.9 Å². The molecule has 0 N–H and O–H groups in total. The predicted octanol–water partition coefficient (Wildman–Crippen LogP) is 3.39. The lowest BCUT2D eigenvalue weighted by Gasteiger charge is -2.35. The molecule has 0 bridgehead atoms. The van der Waals surface area contributed by atoms with Gasteiger partial charge in [0.25, 0.3) is 11.4 Å². The summed E-state index contributed by atoms with van der Waals surface area (Å²) in [5.74, 6) is -2.87. The number of ether oxygens (including phenoxy) is 2. The Hall–Kier alpha value is -4.61. The molecule has 12 nitrogen and oxygen atoms in total. The number of methoxy groups -OCH3 is 1. The van der Waals surface area contributed by atoms with E-state index in [0.29, 0.717) is 17.0 Å². The lowest BCUT2D eigenvalue weighted by Crippen LogP contribution is -2.33. The van der Waals surface area contributed by atoms with E-state index in [1.165, 1.54) is 18.5 Å². The fourth-order valence-electron chi connectivity index (χ4n) is 3.88. The van der Waals surface area contributed by atoms with E-state index in [-0.39, 0.29) is 23.3 Å². The number of nitrogens with zero attached hydrogens (tertiary/aromatic N) is 4. The summed E-state index contributed by atoms with van der Waals surface area (Å²) in [7, 11) is 2.78. The van der Waals surface area contributed by atoms with Gasteiger partial charge in [-0.2, -0.15) is 0 Å². The number of benzene rings is 1. The number of nitro groups is 2. The first-order valence-electron chi connectivity index (χ1n) is 10.3. The first-order chi connectivity index (χ1) is 16.6. The van der Waals surface area contributed by atoms with Gasteiger partial charge in [-0.3, -0.25) is 25.2 Å². The number of hydrogen-bond acceptors (Lipinski definition) is 10. The van der Waals surface area contributed by atoms with Gasteiger partial charge >= 0.3 is 11.9 Å². The zero-order valence-electron chi connectivity index (χ0n) is 19.4. The Morgan fingerprint density at radius 2 is 1.60 bits per heavy atom. The molecule has 1 aliphatic heterocycles. The van der Waals surface area contributed by atoms with Crippen molar-refractivity contribution in [3.05, 3.63) is 96.6 Å². The number of rotatable bonds is 7. The van der Waals surface area contributed by atoms with Crippen LogP contribution in [0.25, 0.3) is 0 Å². The van der Waals surface area contributed by atoms with Crippen molar-refractivity contribution in [3.63, 3.8) is 0 Å². The second-order valence-corrected chi connectivity index (χ2v) is 7.67. The number of carbonyl (C=O) groups is 2. The van der Waals surface area contributed by atoms with Crippen LogP contribution in [0.4, 0.5) is 11.4 Å². The fourth-order valence-corrected chi connectivity index (χ4v) is 3.88. The Morgan fingerprint density at radius 1 is 1.00 bits per heavy atom. The molecule has 2 heterocycles. The number of carbonyl (C=O) groups excluding carboxylic acids is 2. The average molecular weight is 482 g/mol. The maximum absolute atomic E-state index is 13.4. The lowest BCUT2D eigenvalue weighted by atomic mass is 9.79. The number of allylic oxidation sites excluding steroid dienone is 2. The van der Waals surface area contributed by atoms with Crippen LogP contribution < -0.4 is 0 Å². The van der Waals surface area contributed by atoms with Crippen LogP contribution in [0.15, 0.2) is 65.3 Å². The Labute approximate surface area is 199 Å². The normalized spacial score (nSPS) is 15.7. The van der Waals surface area contributed by atoms with Crippen molar-refractivity contribution in [2.75, 3.05) is 14.2 Å². The second-order valence-electron chi connectivity index (χ2n) is 7.67. The molecule has 0 spiro atoms. The minimum atomic E-state index is -1.26. The Kier molecular flexibility index (Phi) is 7.23. The van der Waals surface area contributed by atoms with E-state index in [1.54, 1.807) is 37.9 Å². The fraction of sp³-hybridized carbons (Fsp3) is 0.261. The monoisotopic (exact) mass is 482 g/mol. The number of pyridine rings is 1. The van der Waals surface area contributed by atoms with Crippen LogP contribution in [0, 0.1) is 20.2 Å². The minimum Gasteiger partial charge on any atom is -0.466 e. The van der Waals surface area contributed by atoms with Crippen molar-refractivity contribution in [2.24, 2.45) is 0 Å². The molecule has 1 aliphatic rings. The van der Waals surface area contributed by atoms with E-state index >= 15 is 0 Å². The Balaban J connectivity index is 2.21. The summed E-state index contributed by atoms with van der Waals surface area (Å²) < 4.78 is 10.4. The summed E-state index contributed by atoms with van der Waals surface area (Å²) in [6, 6.07) is 6.37. The molecule has 2 aromatic rings. The first-order valence-corrected chi connectivity index (χ1v) is 10.3. The number of hydrogen-bond donors (Lipinski definition) is 0. The van der Waals surface area contributed by atoms with Gasteiger partial charge in [-0.05, 0) is 37.6 Å². The molecule has 0 radical (unpaired) electrons. The van der Waals surface area contributed by atoms with Crippen molar-refractivity contribution in [1.82, 2.24) is 9.88 Å². The van der Waals surface area contributed by atoms with E-state index in [2.05, 4.69) is 4.98 Å². The lowest BCUT2D eigenvalue weighted by molar-refractivity contribution is -0.394. The smallest absolute Gasteiger partial charge is 0.337 e. The SMILES string of the molecule is COC(=O)C1=C(C)N(C)C(C)=C(C(=O)OCc2ccncc2)C1c1ccc([N+](=O)[O-])cc1[N+](=O)[O-]. The Bertz CT molecular complexity index is 1270. The first kappa shape index (κ1) is 25.0. The molecule has 0 aliphatic carbocycles. The third-order valence-electron chi connectivity index (χ3n) is 5.84. The van der Waals surface area contributed by atoms with E-state index < -0.39 is 39.1 Å². The molecule has 1 atom stereocenters. The van der Waals surface area contributed by atoms with Crippen LogP contribution in [0.2, 0.25) is 0 Å². The quantitative estimate of drug-likeness (QED) is 0.326. The average Bonchev–Trinajstić information content (AvgIpc) is 2.85. The standard InChI is InChI=1S/C23H22N4O8/c1-13-19(22(28)34-4)21(17-6-5-16(26(30)31)11-18(17)27(32)33)20(14(2)25(13)3)23(29)35-12-15-7-9-24-10-8-15/h5-11,21H,12H2,1-4H3. The number of esters is 2. The van der Waals surface area contributed by atoms with Gasteiger partial charge in [0.1, 0.15) is 6.61 Å². The van der Waals surface area contributed by atoms with Gasteiger partial charge in [0.15, 0.2) is 0 Å². The van der Waals surface area contributed by atoms with Crippen molar-refractivity contribution in [3.8, 4) is 0 Å². The highest BCUT2D eigenvalue weighted by molar-refractivity contribution is 6.00. The molecule has 3 rings (SSSR count). The molecule has 0 fully saturated rings. The van der Waals surface area contributed by atoms with Crippen LogP contribution in [0.3, 0.4) is 0 Å². The Morgan fingerprint density at radius 3 is 2.14 bits per heavy atom. The third-order valence-corrected chi connectivity index (χ3v) is 5.84. The summed E-state index contributed by atoms with van der Waals surface area (Å²) in [5, 5.41) is 23.1. The van der Waals surface area contributed by atoms with Crippen LogP contribution in [-0.4, -0.2) is 45.8 Å². The maximum Gasteiger partial charge on any atom is 0.337 e. The molecule has 0 amide bonds. The van der Waals surface area contributed by atoms with E-state index in [4.69, 9.17) is 9.47 Å². The number of aromatic nitrogens is 1. The van der Waals surface area contributed by atoms with Crippen LogP contribution in [-0.2, 0) is 25.7 Å². The molecular formula is C23H22N4O8. The highest BCUT2D eigenvalue weighted by Crippen LogP contribution is 2.45. The minimum absolute atomic E-state index is 0.0200. The topological polar surface area (TPSA) is 155 Å². The highest BCUT2D eigenvalue weighted by atomic mass is 16.6.